The van der Waals surface area contributed by atoms with Gasteiger partial charge in [-0.2, -0.15) is 5.10 Å². The van der Waals surface area contributed by atoms with Crippen LogP contribution in [0.5, 0.6) is 5.75 Å². The molecule has 0 spiro atoms. The van der Waals surface area contributed by atoms with Crippen LogP contribution in [0.15, 0.2) is 72.9 Å². The molecule has 7 rings (SSSR count). The van der Waals surface area contributed by atoms with Crippen LogP contribution in [0.3, 0.4) is 0 Å². The van der Waals surface area contributed by atoms with Crippen LogP contribution in [0.25, 0.3) is 33.2 Å². The van der Waals surface area contributed by atoms with Gasteiger partial charge in [-0.25, -0.2) is 0 Å². The summed E-state index contributed by atoms with van der Waals surface area (Å²) in [6.45, 7) is 3.57. The molecule has 0 bridgehead atoms. The molecule has 5 aromatic rings. The molecule has 2 aliphatic heterocycles. The first-order chi connectivity index (χ1) is 24.7. The van der Waals surface area contributed by atoms with E-state index in [0.29, 0.717) is 66.4 Å². The van der Waals surface area contributed by atoms with Crippen molar-refractivity contribution in [2.45, 2.75) is 44.9 Å². The van der Waals surface area contributed by atoms with Crippen LogP contribution in [0, 0.1) is 5.92 Å². The molecule has 2 aliphatic rings. The fraction of sp³-hybridized carbons (Fsp3) is 0.308. The van der Waals surface area contributed by atoms with E-state index in [9.17, 15) is 14.7 Å². The number of aromatic nitrogens is 2. The number of carboxylic acid groups (broad SMARTS) is 1. The average Bonchev–Trinajstić information content (AvgIpc) is 3.87. The van der Waals surface area contributed by atoms with E-state index in [1.165, 1.54) is 0 Å². The second kappa shape index (κ2) is 15.2. The third-order valence-corrected chi connectivity index (χ3v) is 11.0. The molecule has 0 saturated carbocycles. The lowest BCUT2D eigenvalue weighted by Crippen LogP contribution is -2.35. The number of carbonyl (C=O) groups is 2. The number of benzene rings is 4. The van der Waals surface area contributed by atoms with Crippen molar-refractivity contribution < 1.29 is 19.4 Å². The van der Waals surface area contributed by atoms with Crippen molar-refractivity contribution in [2.24, 2.45) is 5.92 Å². The van der Waals surface area contributed by atoms with Crippen LogP contribution >= 0.6 is 34.8 Å². The molecule has 2 saturated heterocycles. The minimum absolute atomic E-state index is 0.111. The monoisotopic (exact) mass is 745 g/mol. The van der Waals surface area contributed by atoms with Gasteiger partial charge in [0.05, 0.1) is 36.3 Å². The van der Waals surface area contributed by atoms with Gasteiger partial charge in [0, 0.05) is 76.3 Å². The predicted octanol–water partition coefficient (Wildman–Crippen LogP) is 7.66. The summed E-state index contributed by atoms with van der Waals surface area (Å²) in [4.78, 5) is 25.1. The Bertz CT molecular complexity index is 2120. The molecule has 1 aromatic heterocycles. The number of amides is 1. The Labute approximate surface area is 311 Å². The number of aliphatic carboxylic acids is 1. The van der Waals surface area contributed by atoms with Gasteiger partial charge < -0.3 is 20.5 Å². The Kier molecular flexibility index (Phi) is 10.5. The fourth-order valence-corrected chi connectivity index (χ4v) is 8.05. The molecule has 1 amide bonds. The standard InChI is InChI=1S/C39H38Cl3N5O4/c1-51-36-16-25(33(40)15-26(36)21-46-13-12-24(20-46)39(49)50)22-47-35-7-3-4-28(32(35)19-44-47)30-5-2-6-31(38(30)42)29-10-8-23(14-34(29)41)17-43-18-27-9-11-37(48)45-27/h2-8,10,14-16,19,24,27,43H,9,11-13,17-18,20-22H2,1H3,(H,45,48)(H,49,50)/t24-,27+/m1/s1. The maximum atomic E-state index is 11.5. The molecule has 264 valence electrons. The summed E-state index contributed by atoms with van der Waals surface area (Å²) in [5.74, 6) is -0.288. The Morgan fingerprint density at radius 2 is 1.75 bits per heavy atom. The first-order valence-corrected chi connectivity index (χ1v) is 18.1. The molecule has 3 heterocycles. The fourth-order valence-electron chi connectivity index (χ4n) is 7.17. The average molecular weight is 747 g/mol. The van der Waals surface area contributed by atoms with Gasteiger partial charge in [-0.15, -0.1) is 0 Å². The molecule has 4 aromatic carbocycles. The maximum Gasteiger partial charge on any atom is 0.307 e. The number of ether oxygens (including phenoxy) is 1. The van der Waals surface area contributed by atoms with Crippen molar-refractivity contribution in [3.63, 3.8) is 0 Å². The number of hydrogen-bond donors (Lipinski definition) is 3. The van der Waals surface area contributed by atoms with Gasteiger partial charge >= 0.3 is 5.97 Å². The predicted molar refractivity (Wildman–Crippen MR) is 202 cm³/mol. The second-order valence-electron chi connectivity index (χ2n) is 13.3. The van der Waals surface area contributed by atoms with Crippen molar-refractivity contribution in [3.8, 4) is 28.0 Å². The maximum absolute atomic E-state index is 11.5. The molecular formula is C39H38Cl3N5O4. The SMILES string of the molecule is COc1cc(Cn2ncc3c(-c4cccc(-c5ccc(CNC[C@@H]6CCC(=O)N6)cc5Cl)c4Cl)cccc32)c(Cl)cc1CN1CC[C@@H](C(=O)O)C1. The smallest absolute Gasteiger partial charge is 0.307 e. The van der Waals surface area contributed by atoms with Crippen LogP contribution in [0.1, 0.15) is 36.0 Å². The number of carboxylic acids is 1. The lowest BCUT2D eigenvalue weighted by molar-refractivity contribution is -0.141. The van der Waals surface area contributed by atoms with Crippen LogP contribution < -0.4 is 15.4 Å². The van der Waals surface area contributed by atoms with E-state index in [1.54, 1.807) is 7.11 Å². The van der Waals surface area contributed by atoms with Crippen LogP contribution in [0.2, 0.25) is 15.1 Å². The lowest BCUT2D eigenvalue weighted by atomic mass is 9.96. The number of likely N-dealkylation sites (tertiary alicyclic amines) is 1. The van der Waals surface area contributed by atoms with Gasteiger partial charge in [0.2, 0.25) is 5.91 Å². The van der Waals surface area contributed by atoms with Crippen molar-refractivity contribution >= 4 is 57.6 Å². The van der Waals surface area contributed by atoms with Crippen molar-refractivity contribution in [2.75, 3.05) is 26.7 Å². The summed E-state index contributed by atoms with van der Waals surface area (Å²) in [5, 5.41) is 23.3. The zero-order chi connectivity index (χ0) is 35.6. The number of fused-ring (bicyclic) bond motifs is 1. The van der Waals surface area contributed by atoms with E-state index in [2.05, 4.69) is 15.5 Å². The number of carbonyl (C=O) groups excluding carboxylic acids is 1. The van der Waals surface area contributed by atoms with Crippen LogP contribution in [-0.4, -0.2) is 64.4 Å². The molecular weight excluding hydrogens is 709 g/mol. The number of hydrogen-bond acceptors (Lipinski definition) is 6. The molecule has 0 aliphatic carbocycles. The summed E-state index contributed by atoms with van der Waals surface area (Å²) in [7, 11) is 1.63. The molecule has 2 atom stereocenters. The van der Waals surface area contributed by atoms with E-state index in [1.807, 2.05) is 77.6 Å². The minimum Gasteiger partial charge on any atom is -0.496 e. The van der Waals surface area contributed by atoms with E-state index < -0.39 is 5.97 Å². The summed E-state index contributed by atoms with van der Waals surface area (Å²) >= 11 is 20.8. The molecule has 2 fully saturated rings. The number of methoxy groups -OCH3 is 1. The van der Waals surface area contributed by atoms with Gasteiger partial charge in [-0.3, -0.25) is 19.2 Å². The molecule has 3 N–H and O–H groups in total. The second-order valence-corrected chi connectivity index (χ2v) is 14.5. The number of rotatable bonds is 12. The number of nitrogens with one attached hydrogen (secondary N) is 2. The molecule has 0 unspecified atom stereocenters. The molecule has 51 heavy (non-hydrogen) atoms. The summed E-state index contributed by atoms with van der Waals surface area (Å²) in [6.07, 6.45) is 3.93. The topological polar surface area (TPSA) is 109 Å². The Hall–Kier alpha value is -4.12. The van der Waals surface area contributed by atoms with Crippen LogP contribution in [0.4, 0.5) is 0 Å². The van der Waals surface area contributed by atoms with E-state index in [-0.39, 0.29) is 17.9 Å². The Balaban J connectivity index is 1.10. The highest BCUT2D eigenvalue weighted by molar-refractivity contribution is 6.38. The van der Waals surface area contributed by atoms with Gasteiger partial charge in [0.15, 0.2) is 0 Å². The van der Waals surface area contributed by atoms with E-state index in [0.717, 1.165) is 62.8 Å². The lowest BCUT2D eigenvalue weighted by Gasteiger charge is -2.19. The normalized spacial score (nSPS) is 17.7. The first kappa shape index (κ1) is 35.3. The number of halogens is 3. The summed E-state index contributed by atoms with van der Waals surface area (Å²) in [5.41, 5.74) is 7.25. The molecule has 0 radical (unpaired) electrons. The summed E-state index contributed by atoms with van der Waals surface area (Å²) < 4.78 is 7.67. The van der Waals surface area contributed by atoms with Crippen LogP contribution in [-0.2, 0) is 29.2 Å². The largest absolute Gasteiger partial charge is 0.496 e. The third-order valence-electron chi connectivity index (χ3n) is 9.89. The van der Waals surface area contributed by atoms with Gasteiger partial charge in [0.1, 0.15) is 5.75 Å². The highest BCUT2D eigenvalue weighted by atomic mass is 35.5. The first-order valence-electron chi connectivity index (χ1n) is 17.0. The van der Waals surface area contributed by atoms with E-state index in [4.69, 9.17) is 44.6 Å². The van der Waals surface area contributed by atoms with Gasteiger partial charge in [-0.05, 0) is 60.3 Å². The van der Waals surface area contributed by atoms with E-state index >= 15 is 0 Å². The van der Waals surface area contributed by atoms with Crippen molar-refractivity contribution in [1.82, 2.24) is 25.3 Å². The van der Waals surface area contributed by atoms with Gasteiger partial charge in [0.25, 0.3) is 0 Å². The van der Waals surface area contributed by atoms with Crippen molar-refractivity contribution in [1.29, 1.82) is 0 Å². The quantitative estimate of drug-likeness (QED) is 0.120. The highest BCUT2D eigenvalue weighted by Gasteiger charge is 2.29. The van der Waals surface area contributed by atoms with Gasteiger partial charge in [-0.1, -0.05) is 77.3 Å². The number of nitrogens with zero attached hydrogens (tertiary/aromatic N) is 3. The zero-order valence-electron chi connectivity index (χ0n) is 28.1. The third kappa shape index (κ3) is 7.59. The molecule has 9 nitrogen and oxygen atoms in total. The minimum atomic E-state index is -0.754. The molecule has 12 heteroatoms. The summed E-state index contributed by atoms with van der Waals surface area (Å²) in [6, 6.07) is 22.1. The highest BCUT2D eigenvalue weighted by Crippen LogP contribution is 2.41. The Morgan fingerprint density at radius 1 is 0.961 bits per heavy atom. The van der Waals surface area contributed by atoms with Crippen molar-refractivity contribution in [3.05, 3.63) is 105 Å². The Morgan fingerprint density at radius 3 is 2.47 bits per heavy atom. The zero-order valence-corrected chi connectivity index (χ0v) is 30.4.